The zero-order valence-electron chi connectivity index (χ0n) is 16.8. The Morgan fingerprint density at radius 2 is 2.17 bits per heavy atom. The molecular weight excluding hydrogens is 406 g/mol. The van der Waals surface area contributed by atoms with Crippen LogP contribution in [0.4, 0.5) is 0 Å². The Morgan fingerprint density at radius 3 is 2.87 bits per heavy atom. The summed E-state index contributed by atoms with van der Waals surface area (Å²) in [5, 5.41) is 11.5. The van der Waals surface area contributed by atoms with Gasteiger partial charge in [0.25, 0.3) is 0 Å². The fourth-order valence-electron chi connectivity index (χ4n) is 4.97. The summed E-state index contributed by atoms with van der Waals surface area (Å²) in [7, 11) is 1.51. The summed E-state index contributed by atoms with van der Waals surface area (Å²) in [5.74, 6) is 0.760. The number of piperidine rings is 1. The first kappa shape index (κ1) is 19.6. The minimum Gasteiger partial charge on any atom is -0.466 e. The van der Waals surface area contributed by atoms with E-state index in [1.165, 1.54) is 18.6 Å². The van der Waals surface area contributed by atoms with Crippen LogP contribution in [0.1, 0.15) is 38.2 Å². The number of carbonyl (C=O) groups excluding carboxylic acids is 2. The Labute approximate surface area is 178 Å². The van der Waals surface area contributed by atoms with E-state index in [0.717, 1.165) is 29.8 Å². The Balaban J connectivity index is 1.16. The number of cyclic esters (lactones) is 1. The first-order valence-electron chi connectivity index (χ1n) is 10.1. The molecule has 30 heavy (non-hydrogen) atoms. The molecule has 1 saturated heterocycles. The summed E-state index contributed by atoms with van der Waals surface area (Å²) < 4.78 is 14.1. The van der Waals surface area contributed by atoms with E-state index < -0.39 is 6.10 Å². The van der Waals surface area contributed by atoms with E-state index >= 15 is 0 Å². The molecule has 1 aromatic carbocycles. The zero-order valence-corrected chi connectivity index (χ0v) is 17.6. The molecule has 9 heteroatoms. The fraction of sp³-hybridized carbons (Fsp3) is 0.524. The topological polar surface area (TPSA) is 102 Å². The van der Waals surface area contributed by atoms with Crippen LogP contribution in [-0.2, 0) is 22.6 Å². The number of nitrogens with zero attached hydrogens (tertiary/aromatic N) is 3. The molecule has 1 N–H and O–H groups in total. The van der Waals surface area contributed by atoms with E-state index in [1.54, 1.807) is 6.07 Å². The number of rotatable bonds is 7. The third-order valence-electron chi connectivity index (χ3n) is 6.60. The molecule has 2 aliphatic heterocycles. The van der Waals surface area contributed by atoms with Gasteiger partial charge < -0.3 is 14.6 Å². The van der Waals surface area contributed by atoms with Gasteiger partial charge in [0.05, 0.1) is 25.2 Å². The molecule has 8 nitrogen and oxygen atoms in total. The highest BCUT2D eigenvalue weighted by molar-refractivity contribution is 7.05. The zero-order chi connectivity index (χ0) is 21.0. The van der Waals surface area contributed by atoms with Crippen molar-refractivity contribution in [2.75, 3.05) is 26.7 Å². The second-order valence-corrected chi connectivity index (χ2v) is 9.12. The molecule has 1 aromatic heterocycles. The number of methoxy groups -OCH3 is 1. The van der Waals surface area contributed by atoms with E-state index in [4.69, 9.17) is 9.47 Å². The first-order valence-corrected chi connectivity index (χ1v) is 10.8. The van der Waals surface area contributed by atoms with Crippen LogP contribution < -0.4 is 4.74 Å². The first-order chi connectivity index (χ1) is 14.5. The minimum atomic E-state index is -0.633. The lowest BCUT2D eigenvalue weighted by atomic mass is 9.95. The number of esters is 1. The molecule has 0 spiro atoms. The molecule has 3 atom stereocenters. The number of fused-ring (bicyclic) bond motifs is 2. The van der Waals surface area contributed by atoms with E-state index in [2.05, 4.69) is 14.3 Å². The lowest BCUT2D eigenvalue weighted by Crippen LogP contribution is -2.31. The maximum atomic E-state index is 12.6. The third kappa shape index (κ3) is 3.30. The van der Waals surface area contributed by atoms with E-state index in [9.17, 15) is 14.7 Å². The number of aliphatic hydroxyl groups is 1. The van der Waals surface area contributed by atoms with Gasteiger partial charge in [0.15, 0.2) is 0 Å². The normalized spacial score (nSPS) is 25.6. The maximum absolute atomic E-state index is 12.6. The molecule has 1 aliphatic carbocycles. The van der Waals surface area contributed by atoms with Crippen LogP contribution in [0, 0.1) is 24.7 Å². The van der Waals surface area contributed by atoms with E-state index in [0.29, 0.717) is 41.4 Å². The molecule has 2 aromatic rings. The summed E-state index contributed by atoms with van der Waals surface area (Å²) in [5.41, 5.74) is 3.24. The smallest absolute Gasteiger partial charge is 0.338 e. The summed E-state index contributed by atoms with van der Waals surface area (Å²) in [6, 6.07) is 3.89. The third-order valence-corrected chi connectivity index (χ3v) is 7.29. The Bertz CT molecular complexity index is 1010. The molecule has 2 unspecified atom stereocenters. The fourth-order valence-corrected chi connectivity index (χ4v) is 5.60. The van der Waals surface area contributed by atoms with Crippen molar-refractivity contribution in [1.29, 1.82) is 0 Å². The van der Waals surface area contributed by atoms with Crippen molar-refractivity contribution in [3.8, 4) is 6.01 Å². The number of β-amino-alcohol motifs (C(OH)–C–C–N with tert-alkyl or cyclic N) is 1. The van der Waals surface area contributed by atoms with Gasteiger partial charge in [0.2, 0.25) is 0 Å². The van der Waals surface area contributed by atoms with Gasteiger partial charge in [-0.1, -0.05) is 6.07 Å². The number of carbonyl (C=O) groups is 2. The lowest BCUT2D eigenvalue weighted by molar-refractivity contribution is -0.120. The van der Waals surface area contributed by atoms with Crippen molar-refractivity contribution >= 4 is 23.3 Å². The summed E-state index contributed by atoms with van der Waals surface area (Å²) in [6.07, 6.45) is -0.317. The van der Waals surface area contributed by atoms with Gasteiger partial charge >= 0.3 is 12.0 Å². The van der Waals surface area contributed by atoms with Crippen molar-refractivity contribution in [2.24, 2.45) is 17.8 Å². The predicted octanol–water partition coefficient (Wildman–Crippen LogP) is 1.55. The Hall–Kier alpha value is -2.36. The van der Waals surface area contributed by atoms with Gasteiger partial charge in [0, 0.05) is 31.1 Å². The monoisotopic (exact) mass is 429 g/mol. The lowest BCUT2D eigenvalue weighted by Gasteiger charge is -2.24. The molecule has 3 heterocycles. The summed E-state index contributed by atoms with van der Waals surface area (Å²) in [6.45, 7) is 4.37. The molecule has 0 radical (unpaired) electrons. The second-order valence-electron chi connectivity index (χ2n) is 8.29. The maximum Gasteiger partial charge on any atom is 0.338 e. The van der Waals surface area contributed by atoms with Crippen molar-refractivity contribution in [3.63, 3.8) is 0 Å². The molecule has 5 rings (SSSR count). The van der Waals surface area contributed by atoms with Gasteiger partial charge in [-0.3, -0.25) is 9.69 Å². The highest BCUT2D eigenvalue weighted by Gasteiger charge is 2.58. The molecule has 1 saturated carbocycles. The molecule has 0 amide bonds. The van der Waals surface area contributed by atoms with Crippen LogP contribution in [0.3, 0.4) is 0 Å². The van der Waals surface area contributed by atoms with Gasteiger partial charge in [-0.15, -0.1) is 4.37 Å². The highest BCUT2D eigenvalue weighted by Crippen LogP contribution is 2.52. The molecular formula is C21H23N3O5S. The second kappa shape index (κ2) is 7.40. The van der Waals surface area contributed by atoms with Gasteiger partial charge in [-0.05, 0) is 47.5 Å². The number of hydrogen-bond donors (Lipinski definition) is 1. The number of benzene rings is 1. The van der Waals surface area contributed by atoms with Crippen LogP contribution in [-0.4, -0.2) is 57.9 Å². The molecule has 2 fully saturated rings. The summed E-state index contributed by atoms with van der Waals surface area (Å²) >= 11 is 1.21. The minimum absolute atomic E-state index is 0.0955. The number of aliphatic hydroxyl groups excluding tert-OH is 1. The average Bonchev–Trinajstić information content (AvgIpc) is 3.11. The van der Waals surface area contributed by atoms with Crippen LogP contribution in [0.15, 0.2) is 12.1 Å². The highest BCUT2D eigenvalue weighted by atomic mass is 32.1. The molecule has 0 bridgehead atoms. The van der Waals surface area contributed by atoms with Crippen molar-refractivity contribution in [2.45, 2.75) is 26.1 Å². The van der Waals surface area contributed by atoms with Crippen LogP contribution in [0.5, 0.6) is 6.01 Å². The van der Waals surface area contributed by atoms with Gasteiger partial charge in [-0.2, -0.15) is 4.98 Å². The number of Topliss-reactive ketones (excluding diaryl/α,β-unsaturated/α-hetero) is 1. The van der Waals surface area contributed by atoms with Crippen molar-refractivity contribution in [1.82, 2.24) is 14.3 Å². The van der Waals surface area contributed by atoms with Crippen molar-refractivity contribution < 1.29 is 24.2 Å². The quantitative estimate of drug-likeness (QED) is 0.662. The number of ketones is 1. The van der Waals surface area contributed by atoms with Crippen LogP contribution >= 0.6 is 11.5 Å². The number of hydrogen-bond acceptors (Lipinski definition) is 9. The molecule has 3 aliphatic rings. The van der Waals surface area contributed by atoms with Crippen LogP contribution in [0.25, 0.3) is 0 Å². The Kier molecular flexibility index (Phi) is 4.83. The molecule has 158 valence electrons. The number of likely N-dealkylation sites (tertiary alicyclic amines) is 1. The predicted molar refractivity (Wildman–Crippen MR) is 107 cm³/mol. The Morgan fingerprint density at radius 1 is 1.40 bits per heavy atom. The SMILES string of the molecule is COc1nsc(CC(=O)C2C3CN(C[C@H](O)c4ccc5c(c4C)COC5=O)CC32)n1. The number of ether oxygens (including phenoxy) is 2. The standard InChI is InChI=1S/C21H23N3O5S/c1-10-11(3-4-12-15(10)9-29-20(12)27)17(26)8-24-6-13-14(7-24)19(13)16(25)5-18-22-21(28-2)23-30-18/h3-4,13-14,17,19,26H,5-9H2,1-2H3/t13?,14?,17-,19?/m0/s1. The van der Waals surface area contributed by atoms with Gasteiger partial charge in [-0.25, -0.2) is 4.79 Å². The summed E-state index contributed by atoms with van der Waals surface area (Å²) in [4.78, 5) is 30.7. The van der Waals surface area contributed by atoms with Gasteiger partial charge in [0.1, 0.15) is 17.4 Å². The van der Waals surface area contributed by atoms with E-state index in [-0.39, 0.29) is 24.3 Å². The van der Waals surface area contributed by atoms with Crippen LogP contribution in [0.2, 0.25) is 0 Å². The van der Waals surface area contributed by atoms with Crippen molar-refractivity contribution in [3.05, 3.63) is 39.4 Å². The largest absolute Gasteiger partial charge is 0.466 e. The average molecular weight is 429 g/mol. The number of aromatic nitrogens is 2. The van der Waals surface area contributed by atoms with E-state index in [1.807, 2.05) is 13.0 Å².